The van der Waals surface area contributed by atoms with Gasteiger partial charge in [0.25, 0.3) is 15.9 Å². The third-order valence-electron chi connectivity index (χ3n) is 3.55. The molecule has 0 aliphatic rings. The predicted molar refractivity (Wildman–Crippen MR) is 91.2 cm³/mol. The molecule has 0 saturated heterocycles. The van der Waals surface area contributed by atoms with Crippen molar-refractivity contribution in [1.82, 2.24) is 5.32 Å². The summed E-state index contributed by atoms with van der Waals surface area (Å²) in [7, 11) is -2.22. The van der Waals surface area contributed by atoms with Gasteiger partial charge in [-0.25, -0.2) is 8.42 Å². The van der Waals surface area contributed by atoms with Gasteiger partial charge < -0.3 is 5.32 Å². The number of hydrogen-bond acceptors (Lipinski definition) is 3. The van der Waals surface area contributed by atoms with Crippen LogP contribution in [0.4, 0.5) is 5.69 Å². The molecule has 1 amide bonds. The number of nitrogens with one attached hydrogen (secondary N) is 1. The second-order valence-electron chi connectivity index (χ2n) is 5.15. The van der Waals surface area contributed by atoms with E-state index in [0.29, 0.717) is 17.8 Å². The van der Waals surface area contributed by atoms with E-state index in [9.17, 15) is 13.2 Å². The van der Waals surface area contributed by atoms with E-state index in [-0.39, 0.29) is 10.8 Å². The van der Waals surface area contributed by atoms with Crippen molar-refractivity contribution in [1.29, 1.82) is 0 Å². The van der Waals surface area contributed by atoms with Gasteiger partial charge >= 0.3 is 0 Å². The van der Waals surface area contributed by atoms with Crippen LogP contribution in [0.25, 0.3) is 0 Å². The Labute approximate surface area is 137 Å². The first-order chi connectivity index (χ1) is 10.9. The van der Waals surface area contributed by atoms with Gasteiger partial charge in [-0.15, -0.1) is 0 Å². The molecule has 0 heterocycles. The Hall–Kier alpha value is -2.34. The fourth-order valence-electron chi connectivity index (χ4n) is 2.26. The maximum Gasteiger partial charge on any atom is 0.264 e. The summed E-state index contributed by atoms with van der Waals surface area (Å²) in [5, 5.41) is 2.66. The van der Waals surface area contributed by atoms with Crippen LogP contribution in [0.2, 0.25) is 0 Å². The van der Waals surface area contributed by atoms with E-state index in [1.54, 1.807) is 24.3 Å². The summed E-state index contributed by atoms with van der Waals surface area (Å²) < 4.78 is 26.9. The number of carbonyl (C=O) groups is 1. The fourth-order valence-corrected chi connectivity index (χ4v) is 3.57. The zero-order valence-electron chi connectivity index (χ0n) is 13.4. The highest BCUT2D eigenvalue weighted by atomic mass is 32.2. The molecule has 2 aromatic carbocycles. The van der Waals surface area contributed by atoms with Crippen LogP contribution in [0.5, 0.6) is 0 Å². The SMILES string of the molecule is CCNC(=O)c1cccc(S(=O)(=O)N(C)c2ccccc2C)c1. The van der Waals surface area contributed by atoms with Gasteiger partial charge in [-0.05, 0) is 43.7 Å². The van der Waals surface area contributed by atoms with Crippen molar-refractivity contribution in [3.8, 4) is 0 Å². The number of aryl methyl sites for hydroxylation is 1. The summed E-state index contributed by atoms with van der Waals surface area (Å²) >= 11 is 0. The number of nitrogens with zero attached hydrogens (tertiary/aromatic N) is 1. The maximum absolute atomic E-state index is 12.8. The van der Waals surface area contributed by atoms with Crippen LogP contribution in [0, 0.1) is 6.92 Å². The van der Waals surface area contributed by atoms with Gasteiger partial charge in [-0.3, -0.25) is 9.10 Å². The number of sulfonamides is 1. The Balaban J connectivity index is 2.42. The van der Waals surface area contributed by atoms with Gasteiger partial charge in [0.2, 0.25) is 0 Å². The molecule has 23 heavy (non-hydrogen) atoms. The Morgan fingerprint density at radius 1 is 1.13 bits per heavy atom. The molecule has 5 nitrogen and oxygen atoms in total. The van der Waals surface area contributed by atoms with E-state index in [1.165, 1.54) is 23.5 Å². The molecule has 2 aromatic rings. The topological polar surface area (TPSA) is 66.5 Å². The lowest BCUT2D eigenvalue weighted by Gasteiger charge is -2.21. The van der Waals surface area contributed by atoms with Crippen LogP contribution >= 0.6 is 0 Å². The number of amides is 1. The maximum atomic E-state index is 12.8. The molecule has 0 bridgehead atoms. The zero-order valence-corrected chi connectivity index (χ0v) is 14.2. The highest BCUT2D eigenvalue weighted by molar-refractivity contribution is 7.92. The smallest absolute Gasteiger partial charge is 0.264 e. The molecular formula is C17H20N2O3S. The first-order valence-corrected chi connectivity index (χ1v) is 8.74. The first-order valence-electron chi connectivity index (χ1n) is 7.30. The molecule has 0 spiro atoms. The Bertz CT molecular complexity index is 816. The summed E-state index contributed by atoms with van der Waals surface area (Å²) in [5.41, 5.74) is 1.79. The van der Waals surface area contributed by atoms with Crippen molar-refractivity contribution in [2.75, 3.05) is 17.9 Å². The standard InChI is InChI=1S/C17H20N2O3S/c1-4-18-17(20)14-9-7-10-15(12-14)23(21,22)19(3)16-11-6-5-8-13(16)2/h5-12H,4H2,1-3H3,(H,18,20). The normalized spacial score (nSPS) is 11.1. The zero-order chi connectivity index (χ0) is 17.0. The van der Waals surface area contributed by atoms with E-state index < -0.39 is 10.0 Å². The first kappa shape index (κ1) is 17.0. The predicted octanol–water partition coefficient (Wildman–Crippen LogP) is 2.57. The number of benzene rings is 2. The van der Waals surface area contributed by atoms with E-state index >= 15 is 0 Å². The van der Waals surface area contributed by atoms with E-state index in [4.69, 9.17) is 0 Å². The summed E-state index contributed by atoms with van der Waals surface area (Å²) in [4.78, 5) is 12.0. The average Bonchev–Trinajstić information content (AvgIpc) is 2.55. The molecule has 0 fully saturated rings. The Morgan fingerprint density at radius 3 is 2.48 bits per heavy atom. The van der Waals surface area contributed by atoms with Crippen molar-refractivity contribution in [3.05, 3.63) is 59.7 Å². The third kappa shape index (κ3) is 3.53. The van der Waals surface area contributed by atoms with Gasteiger partial charge in [0, 0.05) is 19.2 Å². The summed E-state index contributed by atoms with van der Waals surface area (Å²) in [5.74, 6) is -0.289. The molecule has 0 unspecified atom stereocenters. The Kier molecular flexibility index (Phi) is 5.05. The van der Waals surface area contributed by atoms with Crippen molar-refractivity contribution in [2.45, 2.75) is 18.7 Å². The molecule has 0 aromatic heterocycles. The molecule has 0 saturated carbocycles. The number of hydrogen-bond donors (Lipinski definition) is 1. The molecule has 0 atom stereocenters. The van der Waals surface area contributed by atoms with Crippen molar-refractivity contribution >= 4 is 21.6 Å². The highest BCUT2D eigenvalue weighted by Crippen LogP contribution is 2.25. The number of carbonyl (C=O) groups excluding carboxylic acids is 1. The average molecular weight is 332 g/mol. The Morgan fingerprint density at radius 2 is 1.83 bits per heavy atom. The summed E-state index contributed by atoms with van der Waals surface area (Å²) in [6, 6.07) is 13.3. The second kappa shape index (κ2) is 6.83. The molecule has 6 heteroatoms. The molecule has 0 aliphatic carbocycles. The van der Waals surface area contributed by atoms with Gasteiger partial charge in [0.1, 0.15) is 0 Å². The van der Waals surface area contributed by atoms with Crippen molar-refractivity contribution in [2.24, 2.45) is 0 Å². The van der Waals surface area contributed by atoms with Crippen molar-refractivity contribution < 1.29 is 13.2 Å². The molecule has 122 valence electrons. The number of rotatable bonds is 5. The minimum Gasteiger partial charge on any atom is -0.352 e. The van der Waals surface area contributed by atoms with Gasteiger partial charge in [0.15, 0.2) is 0 Å². The van der Waals surface area contributed by atoms with Crippen LogP contribution in [-0.4, -0.2) is 27.9 Å². The summed E-state index contributed by atoms with van der Waals surface area (Å²) in [6.45, 7) is 4.15. The van der Waals surface area contributed by atoms with E-state index in [2.05, 4.69) is 5.32 Å². The minimum absolute atomic E-state index is 0.0898. The van der Waals surface area contributed by atoms with Crippen LogP contribution in [0.3, 0.4) is 0 Å². The largest absolute Gasteiger partial charge is 0.352 e. The lowest BCUT2D eigenvalue weighted by molar-refractivity contribution is 0.0955. The van der Waals surface area contributed by atoms with Crippen LogP contribution in [0.15, 0.2) is 53.4 Å². The van der Waals surface area contributed by atoms with Crippen LogP contribution in [-0.2, 0) is 10.0 Å². The van der Waals surface area contributed by atoms with E-state index in [0.717, 1.165) is 5.56 Å². The monoisotopic (exact) mass is 332 g/mol. The fraction of sp³-hybridized carbons (Fsp3) is 0.235. The van der Waals surface area contributed by atoms with Crippen LogP contribution in [0.1, 0.15) is 22.8 Å². The molecule has 1 N–H and O–H groups in total. The minimum atomic E-state index is -3.73. The number of para-hydroxylation sites is 1. The highest BCUT2D eigenvalue weighted by Gasteiger charge is 2.23. The lowest BCUT2D eigenvalue weighted by atomic mass is 10.2. The third-order valence-corrected chi connectivity index (χ3v) is 5.31. The summed E-state index contributed by atoms with van der Waals surface area (Å²) in [6.07, 6.45) is 0. The van der Waals surface area contributed by atoms with E-state index in [1.807, 2.05) is 26.0 Å². The molecule has 2 rings (SSSR count). The second-order valence-corrected chi connectivity index (χ2v) is 7.12. The molecule has 0 radical (unpaired) electrons. The van der Waals surface area contributed by atoms with Gasteiger partial charge in [-0.2, -0.15) is 0 Å². The van der Waals surface area contributed by atoms with Crippen LogP contribution < -0.4 is 9.62 Å². The molecular weight excluding hydrogens is 312 g/mol. The number of anilines is 1. The quantitative estimate of drug-likeness (QED) is 0.915. The lowest BCUT2D eigenvalue weighted by Crippen LogP contribution is -2.28. The van der Waals surface area contributed by atoms with Gasteiger partial charge in [0.05, 0.1) is 10.6 Å². The molecule has 0 aliphatic heterocycles. The van der Waals surface area contributed by atoms with Gasteiger partial charge in [-0.1, -0.05) is 24.3 Å². The van der Waals surface area contributed by atoms with Crippen molar-refractivity contribution in [3.63, 3.8) is 0 Å².